The summed E-state index contributed by atoms with van der Waals surface area (Å²) >= 11 is 0. The van der Waals surface area contributed by atoms with Gasteiger partial charge in [0.2, 0.25) is 0 Å². The van der Waals surface area contributed by atoms with Crippen molar-refractivity contribution in [3.05, 3.63) is 72.8 Å². The van der Waals surface area contributed by atoms with E-state index in [0.717, 1.165) is 52.9 Å². The zero-order valence-electron chi connectivity index (χ0n) is 14.6. The summed E-state index contributed by atoms with van der Waals surface area (Å²) in [6.07, 6.45) is 4.69. The van der Waals surface area contributed by atoms with Crippen LogP contribution in [0.2, 0.25) is 0 Å². The molecule has 0 amide bonds. The van der Waals surface area contributed by atoms with Gasteiger partial charge in [0.05, 0.1) is 5.52 Å². The van der Waals surface area contributed by atoms with Crippen LogP contribution in [-0.2, 0) is 0 Å². The van der Waals surface area contributed by atoms with E-state index in [9.17, 15) is 4.39 Å². The highest BCUT2D eigenvalue weighted by Gasteiger charge is 2.21. The van der Waals surface area contributed by atoms with Crippen molar-refractivity contribution >= 4 is 16.7 Å². The first-order valence-electron chi connectivity index (χ1n) is 9.01. The zero-order valence-corrected chi connectivity index (χ0v) is 14.6. The predicted molar refractivity (Wildman–Crippen MR) is 105 cm³/mol. The molecule has 5 rings (SSSR count). The summed E-state index contributed by atoms with van der Waals surface area (Å²) in [4.78, 5) is 16.0. The molecule has 1 aliphatic heterocycles. The van der Waals surface area contributed by atoms with Crippen molar-refractivity contribution in [1.29, 1.82) is 0 Å². The van der Waals surface area contributed by atoms with Crippen molar-refractivity contribution in [3.63, 3.8) is 0 Å². The molecule has 0 spiro atoms. The first kappa shape index (κ1) is 15.9. The van der Waals surface area contributed by atoms with Crippen LogP contribution in [0, 0.1) is 5.82 Å². The lowest BCUT2D eigenvalue weighted by molar-refractivity contribution is 0.612. The van der Waals surface area contributed by atoms with E-state index in [0.29, 0.717) is 5.82 Å². The summed E-state index contributed by atoms with van der Waals surface area (Å²) in [5.41, 5.74) is 3.59. The van der Waals surface area contributed by atoms with Gasteiger partial charge in [-0.3, -0.25) is 4.98 Å². The van der Waals surface area contributed by atoms with Crippen LogP contribution in [0.15, 0.2) is 67.0 Å². The lowest BCUT2D eigenvalue weighted by Crippen LogP contribution is -2.37. The van der Waals surface area contributed by atoms with E-state index in [1.165, 1.54) is 6.07 Å². The summed E-state index contributed by atoms with van der Waals surface area (Å²) in [6, 6.07) is 16.5. The van der Waals surface area contributed by atoms with Crippen LogP contribution in [-0.4, -0.2) is 28.0 Å². The Morgan fingerprint density at radius 3 is 2.44 bits per heavy atom. The zero-order chi connectivity index (χ0) is 18.2. The standard InChI is InChI=1S/C22H17FN4/c23-18-6-1-4-15(12-18)16-7-8-20-19(13-16)22(27-10-3-11-27)26-21(25-20)17-5-2-9-24-14-17/h1-2,4-9,12-14H,3,10-11H2. The molecule has 1 saturated heterocycles. The van der Waals surface area contributed by atoms with E-state index >= 15 is 0 Å². The van der Waals surface area contributed by atoms with Gasteiger partial charge in [0, 0.05) is 36.4 Å². The van der Waals surface area contributed by atoms with Crippen molar-refractivity contribution in [1.82, 2.24) is 15.0 Å². The van der Waals surface area contributed by atoms with Crippen molar-refractivity contribution in [2.75, 3.05) is 18.0 Å². The molecule has 4 aromatic rings. The third kappa shape index (κ3) is 2.91. The number of benzene rings is 2. The second-order valence-corrected chi connectivity index (χ2v) is 6.70. The number of fused-ring (bicyclic) bond motifs is 1. The van der Waals surface area contributed by atoms with Crippen LogP contribution in [0.3, 0.4) is 0 Å². The van der Waals surface area contributed by atoms with Crippen molar-refractivity contribution < 1.29 is 4.39 Å². The smallest absolute Gasteiger partial charge is 0.163 e. The van der Waals surface area contributed by atoms with Gasteiger partial charge >= 0.3 is 0 Å². The Hall–Kier alpha value is -3.34. The molecule has 0 N–H and O–H groups in total. The van der Waals surface area contributed by atoms with Gasteiger partial charge in [-0.2, -0.15) is 0 Å². The maximum atomic E-state index is 13.6. The third-order valence-corrected chi connectivity index (χ3v) is 4.91. The monoisotopic (exact) mass is 356 g/mol. The minimum Gasteiger partial charge on any atom is -0.356 e. The molecule has 5 heteroatoms. The number of anilines is 1. The fourth-order valence-corrected chi connectivity index (χ4v) is 3.35. The van der Waals surface area contributed by atoms with E-state index in [1.807, 2.05) is 30.3 Å². The van der Waals surface area contributed by atoms with E-state index in [-0.39, 0.29) is 5.82 Å². The van der Waals surface area contributed by atoms with E-state index in [1.54, 1.807) is 24.5 Å². The number of halogens is 1. The highest BCUT2D eigenvalue weighted by molar-refractivity contribution is 5.94. The fourth-order valence-electron chi connectivity index (χ4n) is 3.35. The van der Waals surface area contributed by atoms with Gasteiger partial charge in [0.15, 0.2) is 5.82 Å². The molecule has 27 heavy (non-hydrogen) atoms. The second-order valence-electron chi connectivity index (χ2n) is 6.70. The molecular weight excluding hydrogens is 339 g/mol. The normalized spacial score (nSPS) is 13.6. The second kappa shape index (κ2) is 6.43. The summed E-state index contributed by atoms with van der Waals surface area (Å²) in [7, 11) is 0. The molecule has 2 aromatic heterocycles. The summed E-state index contributed by atoms with van der Waals surface area (Å²) in [5, 5.41) is 0.990. The molecule has 3 heterocycles. The Bertz CT molecular complexity index is 1120. The number of hydrogen-bond donors (Lipinski definition) is 0. The highest BCUT2D eigenvalue weighted by Crippen LogP contribution is 2.33. The molecule has 0 radical (unpaired) electrons. The summed E-state index contributed by atoms with van der Waals surface area (Å²) in [6.45, 7) is 1.98. The third-order valence-electron chi connectivity index (χ3n) is 4.91. The van der Waals surface area contributed by atoms with E-state index in [4.69, 9.17) is 9.97 Å². The Morgan fingerprint density at radius 1 is 0.852 bits per heavy atom. The average molecular weight is 356 g/mol. The van der Waals surface area contributed by atoms with Gasteiger partial charge in [-0.1, -0.05) is 18.2 Å². The van der Waals surface area contributed by atoms with Crippen LogP contribution < -0.4 is 4.90 Å². The Morgan fingerprint density at radius 2 is 1.70 bits per heavy atom. The van der Waals surface area contributed by atoms with Crippen molar-refractivity contribution in [3.8, 4) is 22.5 Å². The molecule has 0 unspecified atom stereocenters. The number of rotatable bonds is 3. The molecule has 132 valence electrons. The Balaban J connectivity index is 1.70. The van der Waals surface area contributed by atoms with Gasteiger partial charge in [-0.05, 0) is 53.9 Å². The largest absolute Gasteiger partial charge is 0.356 e. The van der Waals surface area contributed by atoms with Gasteiger partial charge in [-0.15, -0.1) is 0 Å². The van der Waals surface area contributed by atoms with Gasteiger partial charge in [0.25, 0.3) is 0 Å². The number of hydrogen-bond acceptors (Lipinski definition) is 4. The van der Waals surface area contributed by atoms with Crippen LogP contribution in [0.5, 0.6) is 0 Å². The molecule has 2 aromatic carbocycles. The van der Waals surface area contributed by atoms with Crippen LogP contribution in [0.4, 0.5) is 10.2 Å². The van der Waals surface area contributed by atoms with E-state index < -0.39 is 0 Å². The molecule has 1 aliphatic rings. The van der Waals surface area contributed by atoms with Gasteiger partial charge < -0.3 is 4.90 Å². The highest BCUT2D eigenvalue weighted by atomic mass is 19.1. The maximum Gasteiger partial charge on any atom is 0.163 e. The first-order chi connectivity index (χ1) is 13.3. The fraction of sp³-hybridized carbons (Fsp3) is 0.136. The number of pyridine rings is 1. The molecule has 0 bridgehead atoms. The predicted octanol–water partition coefficient (Wildman–Crippen LogP) is 4.71. The topological polar surface area (TPSA) is 41.9 Å². The SMILES string of the molecule is Fc1cccc(-c2ccc3nc(-c4cccnc4)nc(N4CCC4)c3c2)c1. The molecule has 0 saturated carbocycles. The minimum atomic E-state index is -0.237. The quantitative estimate of drug-likeness (QED) is 0.533. The first-order valence-corrected chi connectivity index (χ1v) is 9.01. The van der Waals surface area contributed by atoms with Gasteiger partial charge in [-0.25, -0.2) is 14.4 Å². The molecule has 1 fully saturated rings. The number of aromatic nitrogens is 3. The Kier molecular flexibility index (Phi) is 3.78. The molecule has 0 atom stereocenters. The number of nitrogens with zero attached hydrogens (tertiary/aromatic N) is 4. The molecular formula is C22H17FN4. The minimum absolute atomic E-state index is 0.237. The van der Waals surface area contributed by atoms with Crippen LogP contribution in [0.1, 0.15) is 6.42 Å². The van der Waals surface area contributed by atoms with Crippen molar-refractivity contribution in [2.24, 2.45) is 0 Å². The Labute approximate surface area is 156 Å². The summed E-state index contributed by atoms with van der Waals surface area (Å²) in [5.74, 6) is 1.37. The van der Waals surface area contributed by atoms with Crippen molar-refractivity contribution in [2.45, 2.75) is 6.42 Å². The summed E-state index contributed by atoms with van der Waals surface area (Å²) < 4.78 is 13.6. The van der Waals surface area contributed by atoms with E-state index in [2.05, 4.69) is 16.0 Å². The average Bonchev–Trinajstić information content (AvgIpc) is 2.67. The molecule has 0 aliphatic carbocycles. The van der Waals surface area contributed by atoms with Gasteiger partial charge in [0.1, 0.15) is 11.6 Å². The molecule has 4 nitrogen and oxygen atoms in total. The van der Waals surface area contributed by atoms with Crippen LogP contribution >= 0.6 is 0 Å². The lowest BCUT2D eigenvalue weighted by atomic mass is 10.0. The lowest BCUT2D eigenvalue weighted by Gasteiger charge is -2.33. The maximum absolute atomic E-state index is 13.6. The van der Waals surface area contributed by atoms with Crippen LogP contribution in [0.25, 0.3) is 33.4 Å².